The molecule has 2 unspecified atom stereocenters. The van der Waals surface area contributed by atoms with E-state index in [1.807, 2.05) is 6.92 Å². The van der Waals surface area contributed by atoms with E-state index < -0.39 is 18.2 Å². The minimum absolute atomic E-state index is 0.276. The molecule has 0 spiro atoms. The third-order valence-corrected chi connectivity index (χ3v) is 4.52. The van der Waals surface area contributed by atoms with Crippen molar-refractivity contribution in [3.63, 3.8) is 0 Å². The maximum Gasteiger partial charge on any atom is 0.341 e. The summed E-state index contributed by atoms with van der Waals surface area (Å²) in [6, 6.07) is 3.37. The SMILES string of the molecule is CCCCCCCCC(O)c1ccc(C(=CCC(O)CC)C(=O)OC)o1. The maximum absolute atomic E-state index is 12.0. The zero-order valence-corrected chi connectivity index (χ0v) is 16.4. The number of aliphatic hydroxyl groups is 2. The smallest absolute Gasteiger partial charge is 0.341 e. The van der Waals surface area contributed by atoms with Crippen molar-refractivity contribution >= 4 is 11.5 Å². The van der Waals surface area contributed by atoms with E-state index in [1.165, 1.54) is 32.8 Å². The monoisotopic (exact) mass is 366 g/mol. The number of aliphatic hydroxyl groups excluding tert-OH is 2. The number of hydrogen-bond acceptors (Lipinski definition) is 5. The first-order valence-corrected chi connectivity index (χ1v) is 9.78. The summed E-state index contributed by atoms with van der Waals surface area (Å²) in [5.74, 6) is 0.302. The summed E-state index contributed by atoms with van der Waals surface area (Å²) >= 11 is 0. The third kappa shape index (κ3) is 7.75. The van der Waals surface area contributed by atoms with Gasteiger partial charge in [-0.1, -0.05) is 58.4 Å². The van der Waals surface area contributed by atoms with Crippen molar-refractivity contribution in [2.75, 3.05) is 7.11 Å². The van der Waals surface area contributed by atoms with Gasteiger partial charge in [0, 0.05) is 0 Å². The predicted octanol–water partition coefficient (Wildman–Crippen LogP) is 4.78. The quantitative estimate of drug-likeness (QED) is 0.298. The third-order valence-electron chi connectivity index (χ3n) is 4.52. The number of esters is 1. The Labute approximate surface area is 157 Å². The number of hydrogen-bond donors (Lipinski definition) is 2. The van der Waals surface area contributed by atoms with Crippen molar-refractivity contribution in [1.82, 2.24) is 0 Å². The highest BCUT2D eigenvalue weighted by Gasteiger charge is 2.19. The summed E-state index contributed by atoms with van der Waals surface area (Å²) in [5.41, 5.74) is 0.276. The number of furan rings is 1. The zero-order valence-electron chi connectivity index (χ0n) is 16.4. The van der Waals surface area contributed by atoms with E-state index >= 15 is 0 Å². The molecule has 0 aliphatic heterocycles. The molecule has 0 amide bonds. The van der Waals surface area contributed by atoms with Crippen LogP contribution in [0.25, 0.3) is 5.57 Å². The van der Waals surface area contributed by atoms with Crippen LogP contribution in [0.3, 0.4) is 0 Å². The van der Waals surface area contributed by atoms with Crippen LogP contribution < -0.4 is 0 Å². The lowest BCUT2D eigenvalue weighted by Gasteiger charge is -2.08. The van der Waals surface area contributed by atoms with Gasteiger partial charge in [0.25, 0.3) is 0 Å². The van der Waals surface area contributed by atoms with Crippen LogP contribution in [-0.4, -0.2) is 29.4 Å². The van der Waals surface area contributed by atoms with Crippen molar-refractivity contribution in [1.29, 1.82) is 0 Å². The van der Waals surface area contributed by atoms with Crippen LogP contribution in [-0.2, 0) is 9.53 Å². The summed E-state index contributed by atoms with van der Waals surface area (Å²) in [6.07, 6.45) is 9.01. The molecule has 0 aromatic carbocycles. The lowest BCUT2D eigenvalue weighted by atomic mass is 10.1. The van der Waals surface area contributed by atoms with Gasteiger partial charge in [0.15, 0.2) is 0 Å². The van der Waals surface area contributed by atoms with Crippen LogP contribution in [0, 0.1) is 0 Å². The van der Waals surface area contributed by atoms with Gasteiger partial charge in [0.05, 0.1) is 18.8 Å². The molecule has 2 atom stereocenters. The molecule has 0 aliphatic carbocycles. The first-order valence-electron chi connectivity index (χ1n) is 9.78. The number of unbranched alkanes of at least 4 members (excludes halogenated alkanes) is 5. The summed E-state index contributed by atoms with van der Waals surface area (Å²) in [7, 11) is 1.31. The Kier molecular flexibility index (Phi) is 11.0. The van der Waals surface area contributed by atoms with Gasteiger partial charge in [-0.2, -0.15) is 0 Å². The number of ether oxygens (including phenoxy) is 1. The van der Waals surface area contributed by atoms with Gasteiger partial charge in [-0.3, -0.25) is 0 Å². The van der Waals surface area contributed by atoms with E-state index in [9.17, 15) is 15.0 Å². The van der Waals surface area contributed by atoms with Crippen molar-refractivity contribution < 1.29 is 24.2 Å². The average Bonchev–Trinajstić information content (AvgIpc) is 3.13. The van der Waals surface area contributed by atoms with Gasteiger partial charge in [-0.05, 0) is 31.4 Å². The minimum atomic E-state index is -0.671. The Bertz CT molecular complexity index is 546. The van der Waals surface area contributed by atoms with E-state index in [2.05, 4.69) is 6.92 Å². The number of rotatable bonds is 13. The number of carbonyl (C=O) groups excluding carboxylic acids is 1. The van der Waals surface area contributed by atoms with Crippen LogP contribution in [0.1, 0.15) is 89.3 Å². The van der Waals surface area contributed by atoms with Gasteiger partial charge in [0.1, 0.15) is 17.6 Å². The Morgan fingerprint density at radius 1 is 1.15 bits per heavy atom. The largest absolute Gasteiger partial charge is 0.465 e. The molecule has 1 rings (SSSR count). The van der Waals surface area contributed by atoms with Crippen LogP contribution in [0.5, 0.6) is 0 Å². The lowest BCUT2D eigenvalue weighted by molar-refractivity contribution is -0.133. The van der Waals surface area contributed by atoms with E-state index in [0.29, 0.717) is 30.8 Å². The average molecular weight is 366 g/mol. The Morgan fingerprint density at radius 2 is 1.85 bits per heavy atom. The first-order chi connectivity index (χ1) is 12.5. The van der Waals surface area contributed by atoms with Gasteiger partial charge in [-0.25, -0.2) is 4.79 Å². The second-order valence-electron chi connectivity index (χ2n) is 6.68. The molecule has 1 aromatic heterocycles. The molecule has 0 radical (unpaired) electrons. The van der Waals surface area contributed by atoms with Gasteiger partial charge in [-0.15, -0.1) is 0 Å². The molecule has 0 saturated carbocycles. The molecule has 148 valence electrons. The molecule has 0 fully saturated rings. The maximum atomic E-state index is 12.0. The molecule has 5 nitrogen and oxygen atoms in total. The lowest BCUT2D eigenvalue weighted by Crippen LogP contribution is -2.07. The highest BCUT2D eigenvalue weighted by atomic mass is 16.5. The summed E-state index contributed by atoms with van der Waals surface area (Å²) in [4.78, 5) is 12.0. The van der Waals surface area contributed by atoms with E-state index in [-0.39, 0.29) is 5.57 Å². The van der Waals surface area contributed by atoms with Crippen LogP contribution in [0.2, 0.25) is 0 Å². The van der Waals surface area contributed by atoms with Crippen LogP contribution in [0.15, 0.2) is 22.6 Å². The fourth-order valence-electron chi connectivity index (χ4n) is 2.75. The van der Waals surface area contributed by atoms with Crippen molar-refractivity contribution in [2.24, 2.45) is 0 Å². The fourth-order valence-corrected chi connectivity index (χ4v) is 2.75. The summed E-state index contributed by atoms with van der Waals surface area (Å²) < 4.78 is 10.5. The normalized spacial score (nSPS) is 14.3. The van der Waals surface area contributed by atoms with Crippen LogP contribution >= 0.6 is 0 Å². The first kappa shape index (κ1) is 22.5. The van der Waals surface area contributed by atoms with E-state index in [1.54, 1.807) is 18.2 Å². The predicted molar refractivity (Wildman–Crippen MR) is 103 cm³/mol. The number of methoxy groups -OCH3 is 1. The topological polar surface area (TPSA) is 79.9 Å². The highest BCUT2D eigenvalue weighted by molar-refractivity contribution is 6.15. The van der Waals surface area contributed by atoms with Crippen LogP contribution in [0.4, 0.5) is 0 Å². The highest BCUT2D eigenvalue weighted by Crippen LogP contribution is 2.27. The molecule has 2 N–H and O–H groups in total. The van der Waals surface area contributed by atoms with Gasteiger partial charge in [0.2, 0.25) is 0 Å². The Morgan fingerprint density at radius 3 is 2.50 bits per heavy atom. The summed E-state index contributed by atoms with van der Waals surface area (Å²) in [5, 5.41) is 20.0. The van der Waals surface area contributed by atoms with Crippen molar-refractivity contribution in [3.8, 4) is 0 Å². The molecule has 26 heavy (non-hydrogen) atoms. The molecule has 1 aromatic rings. The molecule has 0 bridgehead atoms. The molecule has 1 heterocycles. The van der Waals surface area contributed by atoms with Crippen molar-refractivity contribution in [3.05, 3.63) is 29.7 Å². The second kappa shape index (κ2) is 12.7. The molecular weight excluding hydrogens is 332 g/mol. The fraction of sp³-hybridized carbons (Fsp3) is 0.667. The zero-order chi connectivity index (χ0) is 19.4. The summed E-state index contributed by atoms with van der Waals surface area (Å²) in [6.45, 7) is 4.07. The second-order valence-corrected chi connectivity index (χ2v) is 6.68. The Hall–Kier alpha value is -1.59. The molecule has 5 heteroatoms. The molecular formula is C21H34O5. The number of carbonyl (C=O) groups is 1. The van der Waals surface area contributed by atoms with Gasteiger partial charge >= 0.3 is 5.97 Å². The van der Waals surface area contributed by atoms with Gasteiger partial charge < -0.3 is 19.4 Å². The van der Waals surface area contributed by atoms with E-state index in [4.69, 9.17) is 9.15 Å². The standard InChI is InChI=1S/C21H34O5/c1-4-6-7-8-9-10-11-18(23)20-15-14-19(26-20)17(21(24)25-3)13-12-16(22)5-2/h13-16,18,22-23H,4-12H2,1-3H3. The Balaban J connectivity index is 2.65. The molecule has 0 saturated heterocycles. The van der Waals surface area contributed by atoms with E-state index in [0.717, 1.165) is 12.8 Å². The van der Waals surface area contributed by atoms with Crippen molar-refractivity contribution in [2.45, 2.75) is 83.8 Å². The minimum Gasteiger partial charge on any atom is -0.465 e. The molecule has 0 aliphatic rings.